The van der Waals surface area contributed by atoms with Crippen molar-refractivity contribution in [3.05, 3.63) is 35.2 Å². The minimum atomic E-state index is -1.29. The lowest BCUT2D eigenvalue weighted by atomic mass is 9.91. The van der Waals surface area contributed by atoms with Crippen LogP contribution in [-0.2, 0) is 0 Å². The van der Waals surface area contributed by atoms with E-state index in [1.54, 1.807) is 13.8 Å². The van der Waals surface area contributed by atoms with Crippen molar-refractivity contribution in [3.8, 4) is 0 Å². The zero-order valence-electron chi connectivity index (χ0n) is 14.9. The second-order valence-corrected chi connectivity index (χ2v) is 8.00. The first-order chi connectivity index (χ1) is 10.9. The third-order valence-electron chi connectivity index (χ3n) is 5.22. The van der Waals surface area contributed by atoms with Crippen LogP contribution in [0, 0.1) is 5.92 Å². The van der Waals surface area contributed by atoms with Crippen molar-refractivity contribution < 1.29 is 4.39 Å². The van der Waals surface area contributed by atoms with E-state index in [0.717, 1.165) is 36.7 Å². The molecule has 1 atom stereocenters. The molecule has 128 valence electrons. The maximum Gasteiger partial charge on any atom is 0.132 e. The SMILES string of the molecule is C[C@H]1CCCN(CC2=CN3CCCCC=C3C(C(C)(C)F)=C2)C1. The number of halogens is 1. The molecule has 0 aromatic carbocycles. The lowest BCUT2D eigenvalue weighted by Crippen LogP contribution is -2.37. The van der Waals surface area contributed by atoms with Crippen molar-refractivity contribution in [1.82, 2.24) is 9.80 Å². The van der Waals surface area contributed by atoms with Gasteiger partial charge in [0.15, 0.2) is 0 Å². The van der Waals surface area contributed by atoms with Gasteiger partial charge in [-0.25, -0.2) is 4.39 Å². The summed E-state index contributed by atoms with van der Waals surface area (Å²) in [6, 6.07) is 0. The normalized spacial score (nSPS) is 26.9. The maximum absolute atomic E-state index is 14.8. The summed E-state index contributed by atoms with van der Waals surface area (Å²) in [7, 11) is 0. The molecule has 23 heavy (non-hydrogen) atoms. The van der Waals surface area contributed by atoms with Crippen molar-refractivity contribution in [2.75, 3.05) is 26.2 Å². The van der Waals surface area contributed by atoms with Crippen molar-refractivity contribution >= 4 is 0 Å². The molecule has 0 aliphatic carbocycles. The number of likely N-dealkylation sites (tertiary alicyclic amines) is 1. The Bertz CT molecular complexity index is 524. The Morgan fingerprint density at radius 2 is 2.04 bits per heavy atom. The highest BCUT2D eigenvalue weighted by molar-refractivity contribution is 5.47. The van der Waals surface area contributed by atoms with Gasteiger partial charge in [-0.15, -0.1) is 0 Å². The molecule has 0 bridgehead atoms. The fraction of sp³-hybridized carbons (Fsp3) is 0.700. The summed E-state index contributed by atoms with van der Waals surface area (Å²) in [5, 5.41) is 0. The zero-order chi connectivity index (χ0) is 16.4. The highest BCUT2D eigenvalue weighted by atomic mass is 19.1. The Morgan fingerprint density at radius 3 is 2.78 bits per heavy atom. The van der Waals surface area contributed by atoms with Gasteiger partial charge in [0.1, 0.15) is 5.67 Å². The summed E-state index contributed by atoms with van der Waals surface area (Å²) >= 11 is 0. The Balaban J connectivity index is 1.83. The first kappa shape index (κ1) is 16.8. The Hall–Kier alpha value is -1.09. The molecule has 0 N–H and O–H groups in total. The lowest BCUT2D eigenvalue weighted by Gasteiger charge is -2.36. The molecule has 0 spiro atoms. The van der Waals surface area contributed by atoms with Crippen LogP contribution in [0.1, 0.15) is 52.9 Å². The fourth-order valence-electron chi connectivity index (χ4n) is 4.05. The number of alkyl halides is 1. The van der Waals surface area contributed by atoms with E-state index in [-0.39, 0.29) is 0 Å². The summed E-state index contributed by atoms with van der Waals surface area (Å²) in [5.74, 6) is 0.780. The van der Waals surface area contributed by atoms with Gasteiger partial charge in [0.05, 0.1) is 0 Å². The summed E-state index contributed by atoms with van der Waals surface area (Å²) < 4.78 is 14.8. The Labute approximate surface area is 140 Å². The Morgan fingerprint density at radius 1 is 1.22 bits per heavy atom. The molecule has 3 heterocycles. The van der Waals surface area contributed by atoms with Gasteiger partial charge in [0, 0.05) is 37.1 Å². The lowest BCUT2D eigenvalue weighted by molar-refractivity contribution is 0.197. The van der Waals surface area contributed by atoms with E-state index in [9.17, 15) is 4.39 Å². The number of allylic oxidation sites excluding steroid dienone is 2. The second kappa shape index (κ2) is 6.80. The van der Waals surface area contributed by atoms with Crippen LogP contribution in [0.4, 0.5) is 4.39 Å². The van der Waals surface area contributed by atoms with Crippen LogP contribution in [0.25, 0.3) is 0 Å². The van der Waals surface area contributed by atoms with E-state index in [4.69, 9.17) is 0 Å². The molecular weight excluding hydrogens is 287 g/mol. The third kappa shape index (κ3) is 4.06. The van der Waals surface area contributed by atoms with Crippen molar-refractivity contribution in [1.29, 1.82) is 0 Å². The minimum Gasteiger partial charge on any atom is -0.348 e. The quantitative estimate of drug-likeness (QED) is 0.747. The minimum absolute atomic E-state index is 0.780. The van der Waals surface area contributed by atoms with E-state index in [2.05, 4.69) is 35.1 Å². The van der Waals surface area contributed by atoms with Crippen LogP contribution in [0.3, 0.4) is 0 Å². The number of rotatable bonds is 3. The van der Waals surface area contributed by atoms with E-state index >= 15 is 0 Å². The maximum atomic E-state index is 14.8. The molecule has 3 heteroatoms. The topological polar surface area (TPSA) is 6.48 Å². The summed E-state index contributed by atoms with van der Waals surface area (Å²) in [4.78, 5) is 4.83. The largest absolute Gasteiger partial charge is 0.348 e. The van der Waals surface area contributed by atoms with Crippen LogP contribution < -0.4 is 0 Å². The molecule has 3 aliphatic heterocycles. The average Bonchev–Trinajstić information content (AvgIpc) is 2.70. The van der Waals surface area contributed by atoms with Gasteiger partial charge in [-0.05, 0) is 70.1 Å². The monoisotopic (exact) mass is 318 g/mol. The zero-order valence-corrected chi connectivity index (χ0v) is 14.9. The molecule has 3 aliphatic rings. The van der Waals surface area contributed by atoms with Crippen molar-refractivity contribution in [3.63, 3.8) is 0 Å². The molecule has 1 fully saturated rings. The van der Waals surface area contributed by atoms with Gasteiger partial charge >= 0.3 is 0 Å². The number of hydrogen-bond donors (Lipinski definition) is 0. The van der Waals surface area contributed by atoms with Crippen LogP contribution in [0.2, 0.25) is 0 Å². The van der Waals surface area contributed by atoms with Gasteiger partial charge in [0.25, 0.3) is 0 Å². The van der Waals surface area contributed by atoms with Gasteiger partial charge in [0.2, 0.25) is 0 Å². The van der Waals surface area contributed by atoms with Crippen molar-refractivity contribution in [2.24, 2.45) is 5.92 Å². The summed E-state index contributed by atoms with van der Waals surface area (Å²) in [6.45, 7) is 10.0. The smallest absolute Gasteiger partial charge is 0.132 e. The number of nitrogens with zero attached hydrogens (tertiary/aromatic N) is 2. The van der Waals surface area contributed by atoms with Crippen LogP contribution in [0.5, 0.6) is 0 Å². The van der Waals surface area contributed by atoms with Gasteiger partial charge in [-0.1, -0.05) is 13.0 Å². The molecule has 0 unspecified atom stereocenters. The molecule has 3 rings (SSSR count). The van der Waals surface area contributed by atoms with Gasteiger partial charge < -0.3 is 4.90 Å². The van der Waals surface area contributed by atoms with E-state index in [1.807, 2.05) is 0 Å². The molecule has 2 nitrogen and oxygen atoms in total. The Kier molecular flexibility index (Phi) is 4.96. The number of fused-ring (bicyclic) bond motifs is 1. The van der Waals surface area contributed by atoms with Crippen molar-refractivity contribution in [2.45, 2.75) is 58.5 Å². The first-order valence-electron chi connectivity index (χ1n) is 9.25. The first-order valence-corrected chi connectivity index (χ1v) is 9.25. The summed E-state index contributed by atoms with van der Waals surface area (Å²) in [5.41, 5.74) is 1.94. The average molecular weight is 318 g/mol. The molecule has 0 saturated carbocycles. The second-order valence-electron chi connectivity index (χ2n) is 8.00. The molecule has 0 amide bonds. The molecule has 1 saturated heterocycles. The third-order valence-corrected chi connectivity index (χ3v) is 5.22. The van der Waals surface area contributed by atoms with Crippen LogP contribution >= 0.6 is 0 Å². The molecule has 0 aromatic rings. The van der Waals surface area contributed by atoms with E-state index < -0.39 is 5.67 Å². The number of piperidine rings is 1. The summed E-state index contributed by atoms with van der Waals surface area (Å²) in [6.07, 6.45) is 12.7. The molecule has 0 aromatic heterocycles. The highest BCUT2D eigenvalue weighted by Crippen LogP contribution is 2.36. The molecule has 0 radical (unpaired) electrons. The predicted molar refractivity (Wildman–Crippen MR) is 94.8 cm³/mol. The van der Waals surface area contributed by atoms with E-state index in [0.29, 0.717) is 0 Å². The molecular formula is C20H31FN2. The van der Waals surface area contributed by atoms with Gasteiger partial charge in [-0.3, -0.25) is 4.90 Å². The van der Waals surface area contributed by atoms with E-state index in [1.165, 1.54) is 44.3 Å². The predicted octanol–water partition coefficient (Wildman–Crippen LogP) is 4.66. The fourth-order valence-corrected chi connectivity index (χ4v) is 4.05. The van der Waals surface area contributed by atoms with Gasteiger partial charge in [-0.2, -0.15) is 0 Å². The highest BCUT2D eigenvalue weighted by Gasteiger charge is 2.31. The van der Waals surface area contributed by atoms with Crippen LogP contribution in [-0.4, -0.2) is 41.6 Å². The van der Waals surface area contributed by atoms with Crippen LogP contribution in [0.15, 0.2) is 35.2 Å². The standard InChI is InChI=1S/C20H31FN2/c1-16-8-7-10-22(13-16)14-17-12-18(20(2,3)21)19-9-5-4-6-11-23(19)15-17/h9,12,15-16H,4-8,10-11,13-14H2,1-3H3/t16-/m0/s1. The number of hydrogen-bond acceptors (Lipinski definition) is 2.